The van der Waals surface area contributed by atoms with Gasteiger partial charge in [0.2, 0.25) is 0 Å². The Hall–Kier alpha value is -4.43. The highest BCUT2D eigenvalue weighted by molar-refractivity contribution is 7.98. The topological polar surface area (TPSA) is 74.5 Å². The summed E-state index contributed by atoms with van der Waals surface area (Å²) < 4.78 is 15.5. The van der Waals surface area contributed by atoms with Crippen LogP contribution >= 0.6 is 11.9 Å². The Bertz CT molecular complexity index is 1710. The molecule has 1 N–H and O–H groups in total. The first-order valence-corrected chi connectivity index (χ1v) is 12.5. The Morgan fingerprint density at radius 1 is 0.946 bits per heavy atom. The first-order chi connectivity index (χ1) is 18.0. The summed E-state index contributed by atoms with van der Waals surface area (Å²) in [7, 11) is 1.74. The molecule has 1 aliphatic heterocycles. The molecule has 184 valence electrons. The molecule has 5 aromatic rings. The number of hydrogen-bond donors (Lipinski definition) is 1. The van der Waals surface area contributed by atoms with E-state index >= 15 is 0 Å². The van der Waals surface area contributed by atoms with Crippen LogP contribution in [0.3, 0.4) is 0 Å². The molecule has 0 spiro atoms. The van der Waals surface area contributed by atoms with Crippen molar-refractivity contribution in [3.05, 3.63) is 101 Å². The largest absolute Gasteiger partial charge is 0.481 e. The first-order valence-electron chi connectivity index (χ1n) is 11.8. The fourth-order valence-corrected chi connectivity index (χ4v) is 5.25. The minimum atomic E-state index is -0.256. The summed E-state index contributed by atoms with van der Waals surface area (Å²) in [6.45, 7) is 1.99. The van der Waals surface area contributed by atoms with Crippen LogP contribution in [0.2, 0.25) is 0 Å². The number of nitrogens with one attached hydrogen (secondary N) is 1. The van der Waals surface area contributed by atoms with Gasteiger partial charge in [0.15, 0.2) is 12.4 Å². The van der Waals surface area contributed by atoms with Gasteiger partial charge in [0, 0.05) is 40.8 Å². The summed E-state index contributed by atoms with van der Waals surface area (Å²) in [4.78, 5) is 26.6. The van der Waals surface area contributed by atoms with E-state index in [-0.39, 0.29) is 18.1 Å². The minimum Gasteiger partial charge on any atom is -0.481 e. The zero-order valence-electron chi connectivity index (χ0n) is 20.2. The van der Waals surface area contributed by atoms with Crippen molar-refractivity contribution in [2.45, 2.75) is 11.8 Å². The highest BCUT2D eigenvalue weighted by atomic mass is 32.2. The molecule has 37 heavy (non-hydrogen) atoms. The van der Waals surface area contributed by atoms with Gasteiger partial charge in [-0.2, -0.15) is 0 Å². The number of amides is 1. The van der Waals surface area contributed by atoms with E-state index in [1.165, 1.54) is 17.5 Å². The van der Waals surface area contributed by atoms with Crippen LogP contribution in [0.25, 0.3) is 22.0 Å². The van der Waals surface area contributed by atoms with Crippen molar-refractivity contribution in [2.24, 2.45) is 7.05 Å². The normalized spacial score (nSPS) is 12.6. The zero-order chi connectivity index (χ0) is 25.5. The third-order valence-corrected chi connectivity index (χ3v) is 7.19. The number of aryl methyl sites for hydroxylation is 2. The van der Waals surface area contributed by atoms with Crippen molar-refractivity contribution in [1.29, 1.82) is 0 Å². The maximum Gasteiger partial charge on any atom is 0.275 e. The number of aromatic nitrogens is 2. The molecule has 3 aromatic carbocycles. The van der Waals surface area contributed by atoms with Gasteiger partial charge in [0.1, 0.15) is 22.7 Å². The lowest BCUT2D eigenvalue weighted by molar-refractivity contribution is -0.118. The van der Waals surface area contributed by atoms with Crippen molar-refractivity contribution in [2.75, 3.05) is 11.9 Å². The van der Waals surface area contributed by atoms with E-state index in [0.29, 0.717) is 28.5 Å². The van der Waals surface area contributed by atoms with Crippen LogP contribution in [0.1, 0.15) is 5.56 Å². The van der Waals surface area contributed by atoms with Gasteiger partial charge in [0.05, 0.1) is 0 Å². The molecule has 1 aliphatic rings. The quantitative estimate of drug-likeness (QED) is 0.315. The van der Waals surface area contributed by atoms with Gasteiger partial charge >= 0.3 is 0 Å². The van der Waals surface area contributed by atoms with Crippen molar-refractivity contribution in [3.63, 3.8) is 0 Å². The lowest BCUT2D eigenvalue weighted by atomic mass is 10.0. The number of para-hydroxylation sites is 1. The minimum absolute atomic E-state index is 0.0553. The van der Waals surface area contributed by atoms with E-state index in [1.54, 1.807) is 17.8 Å². The van der Waals surface area contributed by atoms with E-state index < -0.39 is 0 Å². The van der Waals surface area contributed by atoms with Crippen LogP contribution in [0.15, 0.2) is 94.9 Å². The molecule has 0 saturated carbocycles. The van der Waals surface area contributed by atoms with Crippen LogP contribution in [0, 0.1) is 6.92 Å². The molecule has 0 aliphatic carbocycles. The van der Waals surface area contributed by atoms with Crippen LogP contribution in [-0.4, -0.2) is 21.1 Å². The van der Waals surface area contributed by atoms with E-state index in [4.69, 9.17) is 9.47 Å². The summed E-state index contributed by atoms with van der Waals surface area (Å²) >= 11 is 1.48. The van der Waals surface area contributed by atoms with Crippen LogP contribution < -0.4 is 20.3 Å². The number of benzene rings is 3. The van der Waals surface area contributed by atoms with E-state index in [0.717, 1.165) is 21.4 Å². The third kappa shape index (κ3) is 4.25. The summed E-state index contributed by atoms with van der Waals surface area (Å²) in [5.74, 6) is 1.35. The second-order valence-electron chi connectivity index (χ2n) is 8.83. The highest BCUT2D eigenvalue weighted by Gasteiger charge is 2.26. The molecule has 1 amide bonds. The van der Waals surface area contributed by atoms with Gasteiger partial charge in [-0.3, -0.25) is 13.6 Å². The van der Waals surface area contributed by atoms with Crippen molar-refractivity contribution < 1.29 is 14.3 Å². The number of nitrogens with zero attached hydrogens (tertiary/aromatic N) is 2. The van der Waals surface area contributed by atoms with E-state index in [2.05, 4.69) is 5.32 Å². The maximum atomic E-state index is 13.3. The Morgan fingerprint density at radius 2 is 1.73 bits per heavy atom. The predicted octanol–water partition coefficient (Wildman–Crippen LogP) is 5.99. The van der Waals surface area contributed by atoms with Crippen molar-refractivity contribution in [1.82, 2.24) is 8.54 Å². The number of rotatable bonds is 5. The van der Waals surface area contributed by atoms with Crippen molar-refractivity contribution >= 4 is 34.4 Å². The summed E-state index contributed by atoms with van der Waals surface area (Å²) in [6, 6.07) is 23.2. The Labute approximate surface area is 217 Å². The number of fused-ring (bicyclic) bond motifs is 2. The Kier molecular flexibility index (Phi) is 5.73. The molecule has 0 atom stereocenters. The Balaban J connectivity index is 1.55. The lowest BCUT2D eigenvalue weighted by Gasteiger charge is -2.23. The van der Waals surface area contributed by atoms with Gasteiger partial charge in [0.25, 0.3) is 11.5 Å². The number of carbonyl (C=O) groups excluding carboxylic acids is 1. The van der Waals surface area contributed by atoms with Crippen LogP contribution in [-0.2, 0) is 11.8 Å². The Morgan fingerprint density at radius 3 is 2.51 bits per heavy atom. The molecular formula is C29H23N3O4S. The van der Waals surface area contributed by atoms with Gasteiger partial charge in [-0.05, 0) is 61.3 Å². The van der Waals surface area contributed by atoms with Crippen LogP contribution in [0.5, 0.6) is 17.2 Å². The second kappa shape index (κ2) is 9.22. The summed E-state index contributed by atoms with van der Waals surface area (Å²) in [5, 5.41) is 3.69. The summed E-state index contributed by atoms with van der Waals surface area (Å²) in [6.07, 6.45) is 3.71. The molecule has 0 fully saturated rings. The predicted molar refractivity (Wildman–Crippen MR) is 146 cm³/mol. The fraction of sp³-hybridized carbons (Fsp3) is 0.103. The molecule has 2 aromatic heterocycles. The summed E-state index contributed by atoms with van der Waals surface area (Å²) in [5.41, 5.74) is 3.63. The number of hydrogen-bond acceptors (Lipinski definition) is 5. The fourth-order valence-electron chi connectivity index (χ4n) is 4.38. The molecule has 7 nitrogen and oxygen atoms in total. The van der Waals surface area contributed by atoms with Crippen LogP contribution in [0.4, 0.5) is 5.69 Å². The van der Waals surface area contributed by atoms with Gasteiger partial charge in [-0.15, -0.1) is 0 Å². The molecule has 6 rings (SSSR count). The van der Waals surface area contributed by atoms with E-state index in [9.17, 15) is 9.59 Å². The van der Waals surface area contributed by atoms with E-state index in [1.807, 2.05) is 89.9 Å². The van der Waals surface area contributed by atoms with Gasteiger partial charge in [-0.25, -0.2) is 0 Å². The second-order valence-corrected chi connectivity index (χ2v) is 9.88. The molecule has 0 radical (unpaired) electrons. The SMILES string of the molecule is Cc1ccc(Sn2ccc3c(-c4ccc5c(c4Oc4ccccc4)NC(=O)CO5)cn(C)c(=O)c32)cc1. The number of anilines is 1. The zero-order valence-corrected chi connectivity index (χ0v) is 21.0. The smallest absolute Gasteiger partial charge is 0.275 e. The lowest BCUT2D eigenvalue weighted by Crippen LogP contribution is -2.25. The maximum absolute atomic E-state index is 13.3. The van der Waals surface area contributed by atoms with Crippen molar-refractivity contribution in [3.8, 4) is 28.4 Å². The molecule has 0 unspecified atom stereocenters. The molecular weight excluding hydrogens is 486 g/mol. The number of carbonyl (C=O) groups is 1. The molecule has 0 bridgehead atoms. The monoisotopic (exact) mass is 509 g/mol. The molecule has 3 heterocycles. The standard InChI is InChI=1S/C29H23N3O4S/c1-18-8-10-20(11-9-18)37-32-15-14-21-23(16-31(2)29(34)27(21)32)22-12-13-24-26(30-25(33)17-35-24)28(22)36-19-6-4-3-5-7-19/h3-16H,17H2,1-2H3,(H,30,33). The first kappa shape index (κ1) is 23.0. The van der Waals surface area contributed by atoms with Gasteiger partial charge < -0.3 is 19.4 Å². The van der Waals surface area contributed by atoms with Gasteiger partial charge in [-0.1, -0.05) is 35.9 Å². The average Bonchev–Trinajstić information content (AvgIpc) is 3.32. The average molecular weight is 510 g/mol. The highest BCUT2D eigenvalue weighted by Crippen LogP contribution is 2.47. The number of ether oxygens (including phenoxy) is 2. The third-order valence-electron chi connectivity index (χ3n) is 6.21. The molecule has 8 heteroatoms. The molecule has 0 saturated heterocycles. The number of pyridine rings is 1.